The molecule has 0 aromatic heterocycles. The minimum Gasteiger partial charge on any atom is -0.488 e. The molecule has 0 bridgehead atoms. The van der Waals surface area contributed by atoms with Crippen LogP contribution in [0.2, 0.25) is 0 Å². The molecule has 2 aliphatic heterocycles. The van der Waals surface area contributed by atoms with Crippen molar-refractivity contribution in [3.8, 4) is 0 Å². The highest BCUT2D eigenvalue weighted by Crippen LogP contribution is 2.33. The first-order valence-electron chi connectivity index (χ1n) is 6.43. The fraction of sp³-hybridized carbons (Fsp3) is 0.571. The van der Waals surface area contributed by atoms with Crippen molar-refractivity contribution in [3.63, 3.8) is 0 Å². The molecule has 0 spiro atoms. The molecule has 2 amide bonds. The zero-order valence-electron chi connectivity index (χ0n) is 11.3. The van der Waals surface area contributed by atoms with Crippen molar-refractivity contribution in [1.82, 2.24) is 4.90 Å². The Balaban J connectivity index is 2.01. The average Bonchev–Trinajstić information content (AvgIpc) is 2.71. The van der Waals surface area contributed by atoms with Gasteiger partial charge in [0.05, 0.1) is 12.3 Å². The summed E-state index contributed by atoms with van der Waals surface area (Å²) >= 11 is 0. The molecule has 5 nitrogen and oxygen atoms in total. The number of ether oxygens (including phenoxy) is 2. The van der Waals surface area contributed by atoms with Crippen LogP contribution in [0.15, 0.2) is 24.5 Å². The lowest BCUT2D eigenvalue weighted by Gasteiger charge is -2.35. The fourth-order valence-corrected chi connectivity index (χ4v) is 2.36. The molecule has 1 unspecified atom stereocenters. The number of hydrogen-bond donors (Lipinski definition) is 0. The number of nitrogens with zero attached hydrogens (tertiary/aromatic N) is 1. The standard InChI is InChI=1S/C14H19NO4/c1-4-5-10(8-11-9-14(2,3)19-11)12(16)15-6-7-18-13(15)17/h4,9-10H,1,5-8H2,2-3H3. The maximum absolute atomic E-state index is 12.3. The second-order valence-corrected chi connectivity index (χ2v) is 5.35. The molecule has 2 heterocycles. The molecular formula is C14H19NO4. The summed E-state index contributed by atoms with van der Waals surface area (Å²) in [5.74, 6) is 0.278. The summed E-state index contributed by atoms with van der Waals surface area (Å²) in [5, 5.41) is 0. The number of carbonyl (C=O) groups is 2. The first kappa shape index (κ1) is 13.6. The van der Waals surface area contributed by atoms with Crippen molar-refractivity contribution in [2.24, 2.45) is 5.92 Å². The Labute approximate surface area is 112 Å². The number of imide groups is 1. The van der Waals surface area contributed by atoms with E-state index >= 15 is 0 Å². The van der Waals surface area contributed by atoms with Gasteiger partial charge in [-0.25, -0.2) is 9.69 Å². The van der Waals surface area contributed by atoms with E-state index in [9.17, 15) is 9.59 Å². The smallest absolute Gasteiger partial charge is 0.416 e. The van der Waals surface area contributed by atoms with Crippen LogP contribution in [0.5, 0.6) is 0 Å². The van der Waals surface area contributed by atoms with E-state index in [1.165, 1.54) is 4.90 Å². The van der Waals surface area contributed by atoms with Crippen LogP contribution < -0.4 is 0 Å². The van der Waals surface area contributed by atoms with E-state index in [4.69, 9.17) is 9.47 Å². The van der Waals surface area contributed by atoms with Crippen molar-refractivity contribution in [3.05, 3.63) is 24.5 Å². The van der Waals surface area contributed by atoms with Crippen LogP contribution in [0.1, 0.15) is 26.7 Å². The lowest BCUT2D eigenvalue weighted by Crippen LogP contribution is -2.38. The molecule has 1 atom stereocenters. The van der Waals surface area contributed by atoms with Gasteiger partial charge in [0.1, 0.15) is 12.2 Å². The minimum atomic E-state index is -0.553. The van der Waals surface area contributed by atoms with Gasteiger partial charge in [-0.3, -0.25) is 4.79 Å². The Morgan fingerprint density at radius 3 is 2.79 bits per heavy atom. The maximum Gasteiger partial charge on any atom is 0.416 e. The van der Waals surface area contributed by atoms with E-state index in [1.54, 1.807) is 6.08 Å². The van der Waals surface area contributed by atoms with Crippen LogP contribution in [0, 0.1) is 5.92 Å². The van der Waals surface area contributed by atoms with Gasteiger partial charge in [-0.2, -0.15) is 0 Å². The van der Waals surface area contributed by atoms with E-state index in [-0.39, 0.29) is 24.0 Å². The normalized spacial score (nSPS) is 21.9. The predicted octanol–water partition coefficient (Wildman–Crippen LogP) is 2.24. The van der Waals surface area contributed by atoms with Crippen molar-refractivity contribution in [2.45, 2.75) is 32.3 Å². The topological polar surface area (TPSA) is 55.8 Å². The molecule has 1 fully saturated rings. The molecule has 0 saturated carbocycles. The highest BCUT2D eigenvalue weighted by atomic mass is 16.6. The van der Waals surface area contributed by atoms with Gasteiger partial charge < -0.3 is 9.47 Å². The van der Waals surface area contributed by atoms with Crippen LogP contribution >= 0.6 is 0 Å². The van der Waals surface area contributed by atoms with Crippen LogP contribution in [-0.4, -0.2) is 35.7 Å². The van der Waals surface area contributed by atoms with Gasteiger partial charge in [0.15, 0.2) is 0 Å². The largest absolute Gasteiger partial charge is 0.488 e. The number of hydrogen-bond acceptors (Lipinski definition) is 4. The van der Waals surface area contributed by atoms with Crippen LogP contribution in [0.25, 0.3) is 0 Å². The lowest BCUT2D eigenvalue weighted by molar-refractivity contribution is -0.132. The van der Waals surface area contributed by atoms with Gasteiger partial charge in [0, 0.05) is 12.3 Å². The van der Waals surface area contributed by atoms with Crippen molar-refractivity contribution in [1.29, 1.82) is 0 Å². The van der Waals surface area contributed by atoms with E-state index in [0.29, 0.717) is 19.4 Å². The molecule has 104 valence electrons. The van der Waals surface area contributed by atoms with Gasteiger partial charge >= 0.3 is 6.09 Å². The predicted molar refractivity (Wildman–Crippen MR) is 69.2 cm³/mol. The summed E-state index contributed by atoms with van der Waals surface area (Å²) in [6.45, 7) is 8.18. The van der Waals surface area contributed by atoms with Gasteiger partial charge in [0.25, 0.3) is 0 Å². The lowest BCUT2D eigenvalue weighted by atomic mass is 9.93. The quantitative estimate of drug-likeness (QED) is 0.715. The zero-order valence-corrected chi connectivity index (χ0v) is 11.3. The van der Waals surface area contributed by atoms with E-state index in [0.717, 1.165) is 5.76 Å². The number of cyclic esters (lactones) is 1. The molecule has 0 radical (unpaired) electrons. The van der Waals surface area contributed by atoms with Crippen LogP contribution in [0.3, 0.4) is 0 Å². The summed E-state index contributed by atoms with van der Waals surface area (Å²) in [6, 6.07) is 0. The third kappa shape index (κ3) is 2.97. The van der Waals surface area contributed by atoms with E-state index in [1.807, 2.05) is 19.9 Å². The molecule has 0 N–H and O–H groups in total. The summed E-state index contributed by atoms with van der Waals surface area (Å²) in [5.41, 5.74) is -0.246. The van der Waals surface area contributed by atoms with Crippen molar-refractivity contribution < 1.29 is 19.1 Å². The summed E-state index contributed by atoms with van der Waals surface area (Å²) in [6.07, 6.45) is 4.15. The Morgan fingerprint density at radius 2 is 2.32 bits per heavy atom. The molecule has 19 heavy (non-hydrogen) atoms. The molecule has 5 heteroatoms. The molecular weight excluding hydrogens is 246 g/mol. The van der Waals surface area contributed by atoms with Crippen LogP contribution in [-0.2, 0) is 14.3 Å². The van der Waals surface area contributed by atoms with Gasteiger partial charge in [-0.15, -0.1) is 6.58 Å². The molecule has 2 aliphatic rings. The second kappa shape index (κ2) is 5.07. The van der Waals surface area contributed by atoms with E-state index in [2.05, 4.69) is 6.58 Å². The summed E-state index contributed by atoms with van der Waals surface area (Å²) < 4.78 is 10.4. The fourth-order valence-electron chi connectivity index (χ4n) is 2.36. The third-order valence-electron chi connectivity index (χ3n) is 3.18. The zero-order chi connectivity index (χ0) is 14.0. The van der Waals surface area contributed by atoms with Crippen molar-refractivity contribution in [2.75, 3.05) is 13.2 Å². The van der Waals surface area contributed by atoms with Crippen LogP contribution in [0.4, 0.5) is 4.79 Å². The van der Waals surface area contributed by atoms with Crippen molar-refractivity contribution >= 4 is 12.0 Å². The Kier molecular flexibility index (Phi) is 3.64. The maximum atomic E-state index is 12.3. The molecule has 1 saturated heterocycles. The molecule has 0 aromatic carbocycles. The SMILES string of the molecule is C=CCC(CC1=CC(C)(C)O1)C(=O)N1CCOC1=O. The Bertz CT molecular complexity index is 439. The van der Waals surface area contributed by atoms with E-state index < -0.39 is 6.09 Å². The monoisotopic (exact) mass is 265 g/mol. The van der Waals surface area contributed by atoms with Gasteiger partial charge in [0.2, 0.25) is 5.91 Å². The van der Waals surface area contributed by atoms with Gasteiger partial charge in [-0.1, -0.05) is 6.08 Å². The molecule has 0 aliphatic carbocycles. The molecule has 2 rings (SSSR count). The average molecular weight is 265 g/mol. The summed E-state index contributed by atoms with van der Waals surface area (Å²) in [7, 11) is 0. The molecule has 0 aromatic rings. The number of carbonyl (C=O) groups excluding carboxylic acids is 2. The number of allylic oxidation sites excluding steroid dienone is 2. The van der Waals surface area contributed by atoms with Gasteiger partial charge in [-0.05, 0) is 26.3 Å². The first-order valence-corrected chi connectivity index (χ1v) is 6.43. The highest BCUT2D eigenvalue weighted by Gasteiger charge is 2.36. The Morgan fingerprint density at radius 1 is 1.63 bits per heavy atom. The highest BCUT2D eigenvalue weighted by molar-refractivity contribution is 5.94. The first-order chi connectivity index (χ1) is 8.93. The second-order valence-electron chi connectivity index (χ2n) is 5.35. The third-order valence-corrected chi connectivity index (χ3v) is 3.18. The Hall–Kier alpha value is -1.78. The minimum absolute atomic E-state index is 0.211. The number of amides is 2. The number of rotatable bonds is 5. The summed E-state index contributed by atoms with van der Waals surface area (Å²) in [4.78, 5) is 24.9.